The maximum atomic E-state index is 12.3. The highest BCUT2D eigenvalue weighted by Gasteiger charge is 2.28. The molecule has 0 aromatic heterocycles. The second-order valence-corrected chi connectivity index (χ2v) is 8.52. The van der Waals surface area contributed by atoms with Crippen LogP contribution in [0, 0.1) is 0 Å². The summed E-state index contributed by atoms with van der Waals surface area (Å²) < 4.78 is 61.9. The Bertz CT molecular complexity index is 1370. The lowest BCUT2D eigenvalue weighted by Crippen LogP contribution is -2.19. The van der Waals surface area contributed by atoms with Gasteiger partial charge in [-0.1, -0.05) is 12.1 Å². The Morgan fingerprint density at radius 3 is 1.93 bits per heavy atom. The number of benzene rings is 3. The highest BCUT2D eigenvalue weighted by Crippen LogP contribution is 2.20. The van der Waals surface area contributed by atoms with E-state index >= 15 is 0 Å². The van der Waals surface area contributed by atoms with Crippen molar-refractivity contribution in [3.05, 3.63) is 89.5 Å². The number of rotatable bonds is 13. The molecule has 0 aliphatic heterocycles. The summed E-state index contributed by atoms with van der Waals surface area (Å²) in [5, 5.41) is 0. The molecule has 0 amide bonds. The Labute approximate surface area is 238 Å². The van der Waals surface area contributed by atoms with E-state index in [2.05, 4.69) is 4.74 Å². The number of nitrogens with two attached hydrogens (primary N) is 2. The first-order chi connectivity index (χ1) is 20.0. The van der Waals surface area contributed by atoms with E-state index in [4.69, 9.17) is 30.4 Å². The van der Waals surface area contributed by atoms with Crippen LogP contribution in [0.15, 0.2) is 72.8 Å². The van der Waals surface area contributed by atoms with Gasteiger partial charge >= 0.3 is 24.1 Å². The molecular weight excluding hydrogens is 561 g/mol. The Morgan fingerprint density at radius 1 is 0.714 bits per heavy atom. The normalized spacial score (nSPS) is 11.2. The van der Waals surface area contributed by atoms with E-state index in [1.54, 1.807) is 12.1 Å². The van der Waals surface area contributed by atoms with Crippen LogP contribution in [0.25, 0.3) is 6.08 Å². The van der Waals surface area contributed by atoms with E-state index in [1.165, 1.54) is 66.7 Å². The smallest absolute Gasteiger partial charge is 0.422 e. The molecule has 4 N–H and O–H groups in total. The number of hydrogen-bond acceptors (Lipinski definition) is 10. The number of ether oxygens (including phenoxy) is 5. The molecule has 3 rings (SSSR count). The van der Waals surface area contributed by atoms with Crippen LogP contribution in [0.2, 0.25) is 0 Å². The Hall–Kier alpha value is -5.04. The first kappa shape index (κ1) is 31.5. The highest BCUT2D eigenvalue weighted by molar-refractivity contribution is 5.92. The van der Waals surface area contributed by atoms with Gasteiger partial charge in [0.05, 0.1) is 24.3 Å². The molecule has 0 heterocycles. The number of carbonyl (C=O) groups excluding carboxylic acids is 3. The van der Waals surface area contributed by atoms with E-state index in [1.807, 2.05) is 0 Å². The molecular formula is C29H27F3N2O8. The zero-order valence-corrected chi connectivity index (χ0v) is 22.1. The number of nitrogen functional groups attached to an aromatic ring is 2. The maximum absolute atomic E-state index is 12.3. The predicted octanol–water partition coefficient (Wildman–Crippen LogP) is 4.44. The highest BCUT2D eigenvalue weighted by atomic mass is 19.4. The summed E-state index contributed by atoms with van der Waals surface area (Å²) in [4.78, 5) is 36.2. The molecule has 0 unspecified atom stereocenters. The maximum Gasteiger partial charge on any atom is 0.422 e. The van der Waals surface area contributed by atoms with Crippen LogP contribution < -0.4 is 20.9 Å². The number of esters is 3. The molecule has 0 saturated heterocycles. The second kappa shape index (κ2) is 15.1. The van der Waals surface area contributed by atoms with Crippen molar-refractivity contribution in [3.8, 4) is 11.5 Å². The third-order valence-electron chi connectivity index (χ3n) is 5.14. The molecule has 0 atom stereocenters. The zero-order valence-electron chi connectivity index (χ0n) is 22.1. The third kappa shape index (κ3) is 11.2. The van der Waals surface area contributed by atoms with E-state index in [0.717, 1.165) is 0 Å². The van der Waals surface area contributed by atoms with Crippen LogP contribution >= 0.6 is 0 Å². The third-order valence-corrected chi connectivity index (χ3v) is 5.14. The van der Waals surface area contributed by atoms with Gasteiger partial charge in [0.25, 0.3) is 0 Å². The predicted molar refractivity (Wildman–Crippen MR) is 146 cm³/mol. The van der Waals surface area contributed by atoms with Gasteiger partial charge < -0.3 is 35.2 Å². The van der Waals surface area contributed by atoms with Gasteiger partial charge in [0.2, 0.25) is 0 Å². The molecule has 0 saturated carbocycles. The van der Waals surface area contributed by atoms with Crippen molar-refractivity contribution >= 4 is 35.4 Å². The lowest BCUT2D eigenvalue weighted by atomic mass is 10.2. The lowest BCUT2D eigenvalue weighted by molar-refractivity contribution is -0.153. The molecule has 3 aromatic rings. The molecule has 3 aromatic carbocycles. The Kier molecular flexibility index (Phi) is 11.3. The van der Waals surface area contributed by atoms with E-state index < -0.39 is 30.7 Å². The van der Waals surface area contributed by atoms with Crippen molar-refractivity contribution in [2.24, 2.45) is 0 Å². The van der Waals surface area contributed by atoms with Crippen molar-refractivity contribution in [2.75, 3.05) is 44.5 Å². The summed E-state index contributed by atoms with van der Waals surface area (Å²) in [5.74, 6) is -1.73. The fraction of sp³-hybridized carbons (Fsp3) is 0.207. The minimum absolute atomic E-state index is 0.0146. The molecule has 0 bridgehead atoms. The molecule has 13 heteroatoms. The number of alkyl halides is 3. The quantitative estimate of drug-likeness (QED) is 0.0965. The van der Waals surface area contributed by atoms with Gasteiger partial charge in [0.15, 0.2) is 6.61 Å². The summed E-state index contributed by atoms with van der Waals surface area (Å²) >= 11 is 0. The van der Waals surface area contributed by atoms with E-state index in [9.17, 15) is 27.6 Å². The largest absolute Gasteiger partial charge is 0.484 e. The van der Waals surface area contributed by atoms with Crippen LogP contribution in [0.4, 0.5) is 24.5 Å². The van der Waals surface area contributed by atoms with Gasteiger partial charge in [-0.2, -0.15) is 13.2 Å². The van der Waals surface area contributed by atoms with Crippen molar-refractivity contribution in [2.45, 2.75) is 6.18 Å². The van der Waals surface area contributed by atoms with Gasteiger partial charge in [0, 0.05) is 17.5 Å². The second-order valence-electron chi connectivity index (χ2n) is 8.52. The number of anilines is 2. The minimum Gasteiger partial charge on any atom is -0.484 e. The van der Waals surface area contributed by atoms with Gasteiger partial charge in [0.1, 0.15) is 24.7 Å². The van der Waals surface area contributed by atoms with Crippen LogP contribution in [0.5, 0.6) is 11.5 Å². The van der Waals surface area contributed by atoms with Gasteiger partial charge in [-0.3, -0.25) is 0 Å². The summed E-state index contributed by atoms with van der Waals surface area (Å²) in [6, 6.07) is 15.7. The molecule has 0 spiro atoms. The van der Waals surface area contributed by atoms with Gasteiger partial charge in [-0.25, -0.2) is 14.4 Å². The number of hydrogen-bond donors (Lipinski definition) is 2. The monoisotopic (exact) mass is 588 g/mol. The summed E-state index contributed by atoms with van der Waals surface area (Å²) in [6.07, 6.45) is -1.76. The number of halogens is 3. The average molecular weight is 589 g/mol. The minimum atomic E-state index is -4.47. The Morgan fingerprint density at radius 2 is 1.31 bits per heavy atom. The molecule has 0 radical (unpaired) electrons. The van der Waals surface area contributed by atoms with Crippen molar-refractivity contribution in [1.29, 1.82) is 0 Å². The number of carbonyl (C=O) groups is 3. The van der Waals surface area contributed by atoms with E-state index in [-0.39, 0.29) is 49.1 Å². The molecule has 0 fully saturated rings. The van der Waals surface area contributed by atoms with Gasteiger partial charge in [-0.15, -0.1) is 0 Å². The molecule has 10 nitrogen and oxygen atoms in total. The molecule has 0 aliphatic carbocycles. The van der Waals surface area contributed by atoms with Gasteiger partial charge in [-0.05, 0) is 66.2 Å². The molecule has 42 heavy (non-hydrogen) atoms. The SMILES string of the molecule is Nc1cc(N)cc(C(=O)OCCOCCOC(=O)C=Cc2ccc(OC(=O)c3ccc(OCC(F)(F)F)cc3)cc2)c1. The fourth-order valence-electron chi connectivity index (χ4n) is 3.25. The summed E-state index contributed by atoms with van der Waals surface area (Å²) in [7, 11) is 0. The summed E-state index contributed by atoms with van der Waals surface area (Å²) in [6.45, 7) is -1.29. The average Bonchev–Trinajstić information content (AvgIpc) is 2.94. The van der Waals surface area contributed by atoms with Crippen LogP contribution in [-0.4, -0.2) is 57.1 Å². The topological polar surface area (TPSA) is 149 Å². The molecule has 0 aliphatic rings. The Balaban J connectivity index is 1.31. The van der Waals surface area contributed by atoms with Crippen LogP contribution in [0.1, 0.15) is 26.3 Å². The zero-order chi connectivity index (χ0) is 30.5. The van der Waals surface area contributed by atoms with Crippen molar-refractivity contribution in [3.63, 3.8) is 0 Å². The standard InChI is InChI=1S/C29H27F3N2O8/c30-29(31,32)18-41-24-8-4-20(5-9-24)28(37)42-25-6-1-19(2-7-25)3-10-26(35)39-13-11-38-12-14-40-27(36)21-15-22(33)17-23(34)16-21/h1-10,15-17H,11-14,18,33-34H2. The lowest BCUT2D eigenvalue weighted by Gasteiger charge is -2.09. The van der Waals surface area contributed by atoms with Crippen molar-refractivity contribution < 1.29 is 51.2 Å². The van der Waals surface area contributed by atoms with Crippen LogP contribution in [-0.2, 0) is 19.0 Å². The first-order valence-corrected chi connectivity index (χ1v) is 12.4. The van der Waals surface area contributed by atoms with Crippen molar-refractivity contribution in [1.82, 2.24) is 0 Å². The fourth-order valence-corrected chi connectivity index (χ4v) is 3.25. The summed E-state index contributed by atoms with van der Waals surface area (Å²) in [5.41, 5.74) is 13.0. The van der Waals surface area contributed by atoms with E-state index in [0.29, 0.717) is 16.9 Å². The van der Waals surface area contributed by atoms with Crippen LogP contribution in [0.3, 0.4) is 0 Å². The molecule has 222 valence electrons. The first-order valence-electron chi connectivity index (χ1n) is 12.4.